The lowest BCUT2D eigenvalue weighted by molar-refractivity contribution is 0.0354. The number of rotatable bonds is 7. The number of carbonyl (C=O) groups excluding carboxylic acids is 1. The summed E-state index contributed by atoms with van der Waals surface area (Å²) in [6, 6.07) is 16.2. The maximum Gasteiger partial charge on any atom is 0.273 e. The van der Waals surface area contributed by atoms with Crippen LogP contribution in [0.5, 0.6) is 0 Å². The number of carbonyl (C=O) groups is 1. The molecule has 2 aliphatic heterocycles. The average Bonchev–Trinajstić information content (AvgIpc) is 3.39. The number of halogens is 1. The van der Waals surface area contributed by atoms with Gasteiger partial charge in [-0.2, -0.15) is 5.10 Å². The van der Waals surface area contributed by atoms with Gasteiger partial charge in [0, 0.05) is 42.3 Å². The number of fused-ring (bicyclic) bond motifs is 1. The number of morpholine rings is 1. The van der Waals surface area contributed by atoms with Crippen LogP contribution in [0.1, 0.15) is 59.4 Å². The summed E-state index contributed by atoms with van der Waals surface area (Å²) >= 11 is 6.12. The molecule has 1 saturated heterocycles. The first kappa shape index (κ1) is 23.1. The number of nitrogens with one attached hydrogen (secondary N) is 1. The van der Waals surface area contributed by atoms with Gasteiger partial charge in [0.15, 0.2) is 0 Å². The number of aromatic amines is 1. The first-order chi connectivity index (χ1) is 16.5. The van der Waals surface area contributed by atoms with Crippen molar-refractivity contribution in [3.63, 3.8) is 0 Å². The van der Waals surface area contributed by atoms with Gasteiger partial charge in [-0.25, -0.2) is 0 Å². The molecule has 2 aromatic carbocycles. The van der Waals surface area contributed by atoms with Crippen LogP contribution < -0.4 is 0 Å². The summed E-state index contributed by atoms with van der Waals surface area (Å²) in [5.41, 5.74) is 5.71. The van der Waals surface area contributed by atoms with Crippen LogP contribution in [0.4, 0.5) is 0 Å². The van der Waals surface area contributed by atoms with E-state index in [4.69, 9.17) is 16.3 Å². The van der Waals surface area contributed by atoms with Crippen molar-refractivity contribution < 1.29 is 9.53 Å². The van der Waals surface area contributed by atoms with Gasteiger partial charge in [0.25, 0.3) is 5.91 Å². The SMILES string of the molecule is CC(C)c1ccc(C2c3c(-c4ccc(Cl)cc4)n[nH]c3C(=O)N2CCCN2CCOCC2)cc1. The fraction of sp³-hybridized carbons (Fsp3) is 0.407. The number of benzene rings is 2. The predicted molar refractivity (Wildman–Crippen MR) is 134 cm³/mol. The lowest BCUT2D eigenvalue weighted by Gasteiger charge is -2.30. The molecule has 3 heterocycles. The van der Waals surface area contributed by atoms with Crippen LogP contribution in [-0.2, 0) is 4.74 Å². The first-order valence-electron chi connectivity index (χ1n) is 12.1. The zero-order valence-corrected chi connectivity index (χ0v) is 20.5. The van der Waals surface area contributed by atoms with E-state index in [-0.39, 0.29) is 11.9 Å². The molecule has 34 heavy (non-hydrogen) atoms. The van der Waals surface area contributed by atoms with Gasteiger partial charge >= 0.3 is 0 Å². The molecule has 3 aromatic rings. The van der Waals surface area contributed by atoms with Crippen LogP contribution in [0.2, 0.25) is 5.02 Å². The van der Waals surface area contributed by atoms with E-state index in [1.165, 1.54) is 5.56 Å². The van der Waals surface area contributed by atoms with E-state index in [0.717, 1.165) is 61.7 Å². The van der Waals surface area contributed by atoms with Crippen molar-refractivity contribution in [2.45, 2.75) is 32.2 Å². The molecule has 0 radical (unpaired) electrons. The molecule has 0 saturated carbocycles. The van der Waals surface area contributed by atoms with Crippen LogP contribution in [0, 0.1) is 0 Å². The third-order valence-electron chi connectivity index (χ3n) is 6.88. The normalized spacial score (nSPS) is 18.6. The van der Waals surface area contributed by atoms with Gasteiger partial charge in [-0.05, 0) is 35.6 Å². The molecular weight excluding hydrogens is 448 g/mol. The summed E-state index contributed by atoms with van der Waals surface area (Å²) in [6.07, 6.45) is 0.917. The zero-order chi connectivity index (χ0) is 23.7. The van der Waals surface area contributed by atoms with E-state index >= 15 is 0 Å². The van der Waals surface area contributed by atoms with Gasteiger partial charge in [0.05, 0.1) is 24.9 Å². The van der Waals surface area contributed by atoms with Gasteiger partial charge in [-0.3, -0.25) is 14.8 Å². The molecule has 1 N–H and O–H groups in total. The molecule has 0 aliphatic carbocycles. The molecule has 1 amide bonds. The molecule has 1 aromatic heterocycles. The minimum Gasteiger partial charge on any atom is -0.379 e. The summed E-state index contributed by atoms with van der Waals surface area (Å²) in [7, 11) is 0. The lowest BCUT2D eigenvalue weighted by atomic mass is 9.93. The quantitative estimate of drug-likeness (QED) is 0.512. The Morgan fingerprint density at radius 1 is 1.06 bits per heavy atom. The molecular formula is C27H31ClN4O2. The minimum absolute atomic E-state index is 0.0163. The van der Waals surface area contributed by atoms with Crippen LogP contribution in [-0.4, -0.2) is 65.3 Å². The standard InChI is InChI=1S/C27H31ClN4O2/c1-18(2)19-4-6-21(7-5-19)26-23-24(20-8-10-22(28)11-9-20)29-30-25(23)27(33)32(26)13-3-12-31-14-16-34-17-15-31/h4-11,18,26H,3,12-17H2,1-2H3,(H,29,30). The molecule has 178 valence electrons. The fourth-order valence-corrected chi connectivity index (χ4v) is 5.08. The Bertz CT molecular complexity index is 1130. The Hall–Kier alpha value is -2.67. The van der Waals surface area contributed by atoms with Crippen molar-refractivity contribution in [1.82, 2.24) is 20.0 Å². The molecule has 1 fully saturated rings. The highest BCUT2D eigenvalue weighted by Crippen LogP contribution is 2.43. The van der Waals surface area contributed by atoms with Crippen molar-refractivity contribution in [3.8, 4) is 11.3 Å². The van der Waals surface area contributed by atoms with Crippen LogP contribution in [0.3, 0.4) is 0 Å². The number of amides is 1. The Kier molecular flexibility index (Phi) is 6.73. The lowest BCUT2D eigenvalue weighted by Crippen LogP contribution is -2.38. The van der Waals surface area contributed by atoms with E-state index in [9.17, 15) is 4.79 Å². The second kappa shape index (κ2) is 9.90. The van der Waals surface area contributed by atoms with Crippen LogP contribution in [0.15, 0.2) is 48.5 Å². The molecule has 0 spiro atoms. The first-order valence-corrected chi connectivity index (χ1v) is 12.5. The highest BCUT2D eigenvalue weighted by atomic mass is 35.5. The fourth-order valence-electron chi connectivity index (χ4n) is 4.95. The van der Waals surface area contributed by atoms with E-state index in [2.05, 4.69) is 53.2 Å². The van der Waals surface area contributed by atoms with Gasteiger partial charge < -0.3 is 9.64 Å². The van der Waals surface area contributed by atoms with Crippen LogP contribution in [0.25, 0.3) is 11.3 Å². The molecule has 7 heteroatoms. The average molecular weight is 479 g/mol. The van der Waals surface area contributed by atoms with Crippen molar-refractivity contribution >= 4 is 17.5 Å². The smallest absolute Gasteiger partial charge is 0.273 e. The molecule has 2 aliphatic rings. The van der Waals surface area contributed by atoms with Crippen molar-refractivity contribution in [1.29, 1.82) is 0 Å². The zero-order valence-electron chi connectivity index (χ0n) is 19.8. The second-order valence-electron chi connectivity index (χ2n) is 9.40. The largest absolute Gasteiger partial charge is 0.379 e. The van der Waals surface area contributed by atoms with E-state index < -0.39 is 0 Å². The number of ether oxygens (including phenoxy) is 1. The van der Waals surface area contributed by atoms with E-state index in [1.807, 2.05) is 29.2 Å². The monoisotopic (exact) mass is 478 g/mol. The minimum atomic E-state index is -0.169. The van der Waals surface area contributed by atoms with Gasteiger partial charge in [-0.1, -0.05) is 61.8 Å². The highest BCUT2D eigenvalue weighted by molar-refractivity contribution is 6.30. The van der Waals surface area contributed by atoms with Crippen LogP contribution >= 0.6 is 11.6 Å². The summed E-state index contributed by atoms with van der Waals surface area (Å²) in [4.78, 5) is 18.0. The Morgan fingerprint density at radius 3 is 2.44 bits per heavy atom. The maximum absolute atomic E-state index is 13.5. The second-order valence-corrected chi connectivity index (χ2v) is 9.83. The van der Waals surface area contributed by atoms with Gasteiger partial charge in [0.1, 0.15) is 5.69 Å². The highest BCUT2D eigenvalue weighted by Gasteiger charge is 2.41. The number of H-pyrrole nitrogens is 1. The predicted octanol–water partition coefficient (Wildman–Crippen LogP) is 5.12. The summed E-state index contributed by atoms with van der Waals surface area (Å²) in [5, 5.41) is 8.29. The maximum atomic E-state index is 13.5. The van der Waals surface area contributed by atoms with Crippen molar-refractivity contribution in [2.24, 2.45) is 0 Å². The molecule has 1 unspecified atom stereocenters. The topological polar surface area (TPSA) is 61.5 Å². The van der Waals surface area contributed by atoms with Crippen molar-refractivity contribution in [2.75, 3.05) is 39.4 Å². The molecule has 1 atom stereocenters. The number of hydrogen-bond acceptors (Lipinski definition) is 4. The van der Waals surface area contributed by atoms with Gasteiger partial charge in [-0.15, -0.1) is 0 Å². The van der Waals surface area contributed by atoms with Crippen molar-refractivity contribution in [3.05, 3.63) is 75.9 Å². The molecule has 6 nitrogen and oxygen atoms in total. The summed E-state index contributed by atoms with van der Waals surface area (Å²) in [6.45, 7) is 9.52. The number of nitrogens with zero attached hydrogens (tertiary/aromatic N) is 3. The number of hydrogen-bond donors (Lipinski definition) is 1. The third-order valence-corrected chi connectivity index (χ3v) is 7.13. The Balaban J connectivity index is 1.47. The Labute approximate surface area is 205 Å². The summed E-state index contributed by atoms with van der Waals surface area (Å²) < 4.78 is 5.47. The van der Waals surface area contributed by atoms with E-state index in [0.29, 0.717) is 23.2 Å². The summed E-state index contributed by atoms with van der Waals surface area (Å²) in [5.74, 6) is 0.473. The van der Waals surface area contributed by atoms with E-state index in [1.54, 1.807) is 0 Å². The molecule has 0 bridgehead atoms. The molecule has 5 rings (SSSR count). The third kappa shape index (κ3) is 4.50. The number of aromatic nitrogens is 2. The Morgan fingerprint density at radius 2 is 1.76 bits per heavy atom. The van der Waals surface area contributed by atoms with Gasteiger partial charge in [0.2, 0.25) is 0 Å².